The maximum atomic E-state index is 12.8. The zero-order valence-corrected chi connectivity index (χ0v) is 16.5. The molecule has 3 N–H and O–H groups in total. The van der Waals surface area contributed by atoms with E-state index in [0.717, 1.165) is 0 Å². The summed E-state index contributed by atoms with van der Waals surface area (Å²) in [6.07, 6.45) is 1.68. The standard InChI is InChI=1S/C20H17N5O3S/c1-11-15(29-17(22-11)14-8-3-4-9-21-14)16(26)23-13-7-5-6-12(10-13)20(2)18(27)24-19(28)25-20/h3-10H,1-2H3,(H,23,26)(H2,24,25,27,28)/t20-/m0/s1. The lowest BCUT2D eigenvalue weighted by Crippen LogP contribution is -2.40. The number of aromatic nitrogens is 2. The molecule has 0 aliphatic carbocycles. The molecule has 146 valence electrons. The van der Waals surface area contributed by atoms with Crippen LogP contribution in [0.5, 0.6) is 0 Å². The second-order valence-corrected chi connectivity index (χ2v) is 7.72. The highest BCUT2D eigenvalue weighted by Crippen LogP contribution is 2.29. The Morgan fingerprint density at radius 1 is 1.17 bits per heavy atom. The van der Waals surface area contributed by atoms with Crippen LogP contribution in [0.1, 0.15) is 27.9 Å². The van der Waals surface area contributed by atoms with Gasteiger partial charge in [0.15, 0.2) is 0 Å². The number of aryl methyl sites for hydroxylation is 1. The number of carbonyl (C=O) groups is 3. The van der Waals surface area contributed by atoms with Crippen LogP contribution >= 0.6 is 11.3 Å². The van der Waals surface area contributed by atoms with Crippen molar-refractivity contribution in [3.63, 3.8) is 0 Å². The molecule has 1 aliphatic heterocycles. The molecule has 0 radical (unpaired) electrons. The zero-order chi connectivity index (χ0) is 20.6. The van der Waals surface area contributed by atoms with Crippen LogP contribution in [0.4, 0.5) is 10.5 Å². The first-order valence-corrected chi connectivity index (χ1v) is 9.63. The smallest absolute Gasteiger partial charge is 0.321 e. The number of benzene rings is 1. The molecule has 0 saturated carbocycles. The third-order valence-corrected chi connectivity index (χ3v) is 5.81. The molecule has 29 heavy (non-hydrogen) atoms. The van der Waals surface area contributed by atoms with Crippen LogP contribution in [-0.4, -0.2) is 27.8 Å². The van der Waals surface area contributed by atoms with E-state index in [2.05, 4.69) is 25.9 Å². The number of thiazole rings is 1. The van der Waals surface area contributed by atoms with E-state index in [0.29, 0.717) is 32.5 Å². The normalized spacial score (nSPS) is 18.3. The van der Waals surface area contributed by atoms with Gasteiger partial charge in [-0.25, -0.2) is 9.78 Å². The number of anilines is 1. The SMILES string of the molecule is Cc1nc(-c2ccccn2)sc1C(=O)Nc1cccc([C@]2(C)NC(=O)NC2=O)c1. The summed E-state index contributed by atoms with van der Waals surface area (Å²) >= 11 is 1.26. The van der Waals surface area contributed by atoms with Gasteiger partial charge in [-0.2, -0.15) is 0 Å². The van der Waals surface area contributed by atoms with Gasteiger partial charge in [0.1, 0.15) is 15.4 Å². The molecule has 4 rings (SSSR count). The molecule has 1 aromatic carbocycles. The van der Waals surface area contributed by atoms with E-state index in [1.54, 1.807) is 44.3 Å². The minimum Gasteiger partial charge on any atom is -0.321 e. The number of hydrogen-bond donors (Lipinski definition) is 3. The Kier molecular flexibility index (Phi) is 4.59. The quantitative estimate of drug-likeness (QED) is 0.576. The number of nitrogens with zero attached hydrogens (tertiary/aromatic N) is 2. The highest BCUT2D eigenvalue weighted by molar-refractivity contribution is 7.17. The fourth-order valence-electron chi connectivity index (χ4n) is 3.05. The van der Waals surface area contributed by atoms with Crippen LogP contribution in [0.15, 0.2) is 48.7 Å². The Hall–Kier alpha value is -3.59. The van der Waals surface area contributed by atoms with E-state index in [-0.39, 0.29) is 5.91 Å². The van der Waals surface area contributed by atoms with Crippen LogP contribution in [-0.2, 0) is 10.3 Å². The zero-order valence-electron chi connectivity index (χ0n) is 15.6. The fraction of sp³-hybridized carbons (Fsp3) is 0.150. The molecule has 0 spiro atoms. The Morgan fingerprint density at radius 3 is 2.69 bits per heavy atom. The number of amides is 4. The molecule has 0 unspecified atom stereocenters. The molecule has 1 aliphatic rings. The van der Waals surface area contributed by atoms with Gasteiger partial charge in [-0.1, -0.05) is 18.2 Å². The molecule has 9 heteroatoms. The molecule has 8 nitrogen and oxygen atoms in total. The molecular formula is C20H17N5O3S. The molecular weight excluding hydrogens is 390 g/mol. The average molecular weight is 407 g/mol. The number of nitrogens with one attached hydrogen (secondary N) is 3. The second kappa shape index (κ2) is 7.10. The summed E-state index contributed by atoms with van der Waals surface area (Å²) < 4.78 is 0. The van der Waals surface area contributed by atoms with E-state index in [1.807, 2.05) is 18.2 Å². The maximum Gasteiger partial charge on any atom is 0.322 e. The van der Waals surface area contributed by atoms with E-state index in [4.69, 9.17) is 0 Å². The van der Waals surface area contributed by atoms with Crippen molar-refractivity contribution in [3.05, 3.63) is 64.8 Å². The number of imide groups is 1. The molecule has 4 amide bonds. The van der Waals surface area contributed by atoms with Crippen molar-refractivity contribution in [3.8, 4) is 10.7 Å². The summed E-state index contributed by atoms with van der Waals surface area (Å²) in [5.41, 5.74) is 1.20. The average Bonchev–Trinajstić information content (AvgIpc) is 3.22. The van der Waals surface area contributed by atoms with Gasteiger partial charge in [0.2, 0.25) is 0 Å². The van der Waals surface area contributed by atoms with Gasteiger partial charge < -0.3 is 10.6 Å². The minimum absolute atomic E-state index is 0.301. The first-order valence-electron chi connectivity index (χ1n) is 8.81. The van der Waals surface area contributed by atoms with E-state index < -0.39 is 17.5 Å². The van der Waals surface area contributed by atoms with Crippen LogP contribution in [0.2, 0.25) is 0 Å². The number of pyridine rings is 1. The maximum absolute atomic E-state index is 12.8. The van der Waals surface area contributed by atoms with Gasteiger partial charge in [0, 0.05) is 11.9 Å². The lowest BCUT2D eigenvalue weighted by Gasteiger charge is -2.21. The topological polar surface area (TPSA) is 113 Å². The minimum atomic E-state index is -1.19. The molecule has 0 bridgehead atoms. The Morgan fingerprint density at radius 2 is 2.00 bits per heavy atom. The highest BCUT2D eigenvalue weighted by Gasteiger charge is 2.43. The van der Waals surface area contributed by atoms with Crippen molar-refractivity contribution in [1.29, 1.82) is 0 Å². The first-order chi connectivity index (χ1) is 13.9. The van der Waals surface area contributed by atoms with Gasteiger partial charge in [-0.05, 0) is 43.7 Å². The molecule has 3 heterocycles. The molecule has 1 saturated heterocycles. The summed E-state index contributed by atoms with van der Waals surface area (Å²) in [6.45, 7) is 3.38. The summed E-state index contributed by atoms with van der Waals surface area (Å²) in [7, 11) is 0. The number of hydrogen-bond acceptors (Lipinski definition) is 6. The van der Waals surface area contributed by atoms with Gasteiger partial charge in [0.25, 0.3) is 11.8 Å². The number of rotatable bonds is 4. The van der Waals surface area contributed by atoms with Crippen LogP contribution in [0, 0.1) is 6.92 Å². The van der Waals surface area contributed by atoms with Gasteiger partial charge >= 0.3 is 6.03 Å². The van der Waals surface area contributed by atoms with Crippen molar-refractivity contribution in [2.45, 2.75) is 19.4 Å². The highest BCUT2D eigenvalue weighted by atomic mass is 32.1. The predicted octanol–water partition coefficient (Wildman–Crippen LogP) is 2.82. The van der Waals surface area contributed by atoms with Gasteiger partial charge in [0.05, 0.1) is 11.4 Å². The second-order valence-electron chi connectivity index (χ2n) is 6.72. The molecule has 1 fully saturated rings. The third kappa shape index (κ3) is 3.47. The molecule has 3 aromatic rings. The van der Waals surface area contributed by atoms with Crippen molar-refractivity contribution in [1.82, 2.24) is 20.6 Å². The van der Waals surface area contributed by atoms with Crippen molar-refractivity contribution >= 4 is 34.9 Å². The van der Waals surface area contributed by atoms with Crippen LogP contribution in [0.25, 0.3) is 10.7 Å². The van der Waals surface area contributed by atoms with E-state index >= 15 is 0 Å². The molecule has 2 aromatic heterocycles. The van der Waals surface area contributed by atoms with Crippen molar-refractivity contribution in [2.24, 2.45) is 0 Å². The monoisotopic (exact) mass is 407 g/mol. The van der Waals surface area contributed by atoms with E-state index in [1.165, 1.54) is 11.3 Å². The fourth-order valence-corrected chi connectivity index (χ4v) is 3.99. The van der Waals surface area contributed by atoms with Crippen LogP contribution in [0.3, 0.4) is 0 Å². The first kappa shape index (κ1) is 18.8. The van der Waals surface area contributed by atoms with Crippen molar-refractivity contribution in [2.75, 3.05) is 5.32 Å². The van der Waals surface area contributed by atoms with Crippen LogP contribution < -0.4 is 16.0 Å². The van der Waals surface area contributed by atoms with Gasteiger partial charge in [-0.3, -0.25) is 19.9 Å². The van der Waals surface area contributed by atoms with Crippen molar-refractivity contribution < 1.29 is 14.4 Å². The molecule has 1 atom stereocenters. The largest absolute Gasteiger partial charge is 0.322 e. The Bertz CT molecular complexity index is 1130. The Labute approximate surface area is 170 Å². The third-order valence-electron chi connectivity index (χ3n) is 4.63. The summed E-state index contributed by atoms with van der Waals surface area (Å²) in [4.78, 5) is 45.7. The predicted molar refractivity (Wildman–Crippen MR) is 109 cm³/mol. The Balaban J connectivity index is 1.58. The summed E-state index contributed by atoms with van der Waals surface area (Å²) in [6, 6.07) is 11.8. The lowest BCUT2D eigenvalue weighted by molar-refractivity contribution is -0.123. The number of urea groups is 1. The summed E-state index contributed by atoms with van der Waals surface area (Å²) in [5.74, 6) is -0.742. The van der Waals surface area contributed by atoms with E-state index in [9.17, 15) is 14.4 Å². The van der Waals surface area contributed by atoms with Gasteiger partial charge in [-0.15, -0.1) is 11.3 Å². The number of carbonyl (C=O) groups excluding carboxylic acids is 3. The lowest BCUT2D eigenvalue weighted by atomic mass is 9.92. The summed E-state index contributed by atoms with van der Waals surface area (Å²) in [5, 5.41) is 8.35.